The van der Waals surface area contributed by atoms with Gasteiger partial charge < -0.3 is 9.80 Å². The Morgan fingerprint density at radius 1 is 0.339 bits per heavy atom. The van der Waals surface area contributed by atoms with Crippen LogP contribution >= 0.6 is 0 Å². The van der Waals surface area contributed by atoms with E-state index in [9.17, 15) is 0 Å². The highest BCUT2D eigenvalue weighted by molar-refractivity contribution is 5.79. The summed E-state index contributed by atoms with van der Waals surface area (Å²) in [5, 5.41) is 0. The van der Waals surface area contributed by atoms with Gasteiger partial charge in [-0.25, -0.2) is 0 Å². The van der Waals surface area contributed by atoms with Gasteiger partial charge in [-0.1, -0.05) is 176 Å². The van der Waals surface area contributed by atoms with Crippen molar-refractivity contribution in [3.05, 3.63) is 233 Å². The molecule has 2 atom stereocenters. The van der Waals surface area contributed by atoms with E-state index in [4.69, 9.17) is 0 Å². The summed E-state index contributed by atoms with van der Waals surface area (Å²) in [6, 6.07) is 61.5. The molecule has 2 nitrogen and oxygen atoms in total. The minimum Gasteiger partial charge on any atom is -0.311 e. The molecule has 0 aliphatic heterocycles. The SMILES string of the molecule is Cc1ccc(N(C2=CC(C)C(C)C=C2)c2ccc(/C=C/c3ccc(-c4ccc(/C=C/c5ccc(N(c6ccc(C)cc6)c6ccc(C)cc6)cc5)cc4)cc3)cc2)cc1. The lowest BCUT2D eigenvalue weighted by Gasteiger charge is -2.30. The van der Waals surface area contributed by atoms with Crippen molar-refractivity contribution in [1.29, 1.82) is 0 Å². The maximum absolute atomic E-state index is 2.39. The Hall–Kier alpha value is -6.90. The van der Waals surface area contributed by atoms with Crippen molar-refractivity contribution in [2.75, 3.05) is 9.80 Å². The zero-order valence-electron chi connectivity index (χ0n) is 34.8. The van der Waals surface area contributed by atoms with Crippen molar-refractivity contribution in [3.8, 4) is 11.1 Å². The molecule has 0 spiro atoms. The molecule has 0 fully saturated rings. The quantitative estimate of drug-likeness (QED) is 0.121. The fourth-order valence-corrected chi connectivity index (χ4v) is 7.45. The van der Waals surface area contributed by atoms with Crippen LogP contribution in [-0.4, -0.2) is 0 Å². The summed E-state index contributed by atoms with van der Waals surface area (Å²) in [5.74, 6) is 1.03. The van der Waals surface area contributed by atoms with Crippen molar-refractivity contribution in [3.63, 3.8) is 0 Å². The number of aryl methyl sites for hydroxylation is 3. The molecule has 0 radical (unpaired) electrons. The molecule has 59 heavy (non-hydrogen) atoms. The highest BCUT2D eigenvalue weighted by atomic mass is 15.1. The Labute approximate surface area is 351 Å². The summed E-state index contributed by atoms with van der Waals surface area (Å²) in [7, 11) is 0. The van der Waals surface area contributed by atoms with Crippen molar-refractivity contribution < 1.29 is 0 Å². The van der Waals surface area contributed by atoms with Crippen LogP contribution in [0.1, 0.15) is 52.8 Å². The van der Waals surface area contributed by atoms with E-state index < -0.39 is 0 Å². The average Bonchev–Trinajstić information content (AvgIpc) is 3.27. The number of benzene rings is 7. The number of hydrogen-bond donors (Lipinski definition) is 0. The predicted molar refractivity (Wildman–Crippen MR) is 256 cm³/mol. The summed E-state index contributed by atoms with van der Waals surface area (Å²) in [6.45, 7) is 11.0. The van der Waals surface area contributed by atoms with Gasteiger partial charge >= 0.3 is 0 Å². The first-order chi connectivity index (χ1) is 28.8. The lowest BCUT2D eigenvalue weighted by atomic mass is 9.90. The molecule has 0 saturated carbocycles. The van der Waals surface area contributed by atoms with Crippen LogP contribution in [0.15, 0.2) is 194 Å². The van der Waals surface area contributed by atoms with Gasteiger partial charge in [-0.3, -0.25) is 0 Å². The highest BCUT2D eigenvalue weighted by Crippen LogP contribution is 2.36. The fourth-order valence-electron chi connectivity index (χ4n) is 7.45. The lowest BCUT2D eigenvalue weighted by molar-refractivity contribution is 0.547. The first-order valence-electron chi connectivity index (χ1n) is 20.7. The smallest absolute Gasteiger partial charge is 0.0462 e. The van der Waals surface area contributed by atoms with E-state index in [1.54, 1.807) is 0 Å². The number of allylic oxidation sites excluding steroid dienone is 3. The van der Waals surface area contributed by atoms with Crippen LogP contribution in [-0.2, 0) is 0 Å². The van der Waals surface area contributed by atoms with E-state index in [2.05, 4.69) is 257 Å². The van der Waals surface area contributed by atoms with Crippen molar-refractivity contribution >= 4 is 52.7 Å². The third kappa shape index (κ3) is 9.46. The van der Waals surface area contributed by atoms with Gasteiger partial charge in [0, 0.05) is 34.1 Å². The summed E-state index contributed by atoms with van der Waals surface area (Å²) >= 11 is 0. The molecular weight excluding hydrogens is 713 g/mol. The molecule has 1 aliphatic carbocycles. The molecule has 2 heteroatoms. The first-order valence-corrected chi connectivity index (χ1v) is 20.7. The van der Waals surface area contributed by atoms with E-state index in [1.807, 2.05) is 0 Å². The van der Waals surface area contributed by atoms with Gasteiger partial charge in [0.05, 0.1) is 0 Å². The predicted octanol–water partition coefficient (Wildman–Crippen LogP) is 16.0. The molecule has 7 aromatic carbocycles. The number of rotatable bonds is 11. The zero-order valence-corrected chi connectivity index (χ0v) is 34.8. The van der Waals surface area contributed by atoms with Gasteiger partial charge in [-0.15, -0.1) is 0 Å². The average molecular weight is 765 g/mol. The second kappa shape index (κ2) is 17.7. The molecule has 0 bridgehead atoms. The molecule has 0 saturated heterocycles. The second-order valence-corrected chi connectivity index (χ2v) is 15.9. The molecule has 8 rings (SSSR count). The maximum atomic E-state index is 2.39. The normalized spacial score (nSPS) is 15.1. The van der Waals surface area contributed by atoms with Crippen LogP contribution in [0.25, 0.3) is 35.4 Å². The molecule has 0 heterocycles. The summed E-state index contributed by atoms with van der Waals surface area (Å²) in [4.78, 5) is 4.67. The zero-order chi connectivity index (χ0) is 40.7. The molecule has 0 N–H and O–H groups in total. The molecule has 7 aromatic rings. The second-order valence-electron chi connectivity index (χ2n) is 15.9. The van der Waals surface area contributed by atoms with Gasteiger partial charge in [0.25, 0.3) is 0 Å². The Bertz CT molecular complexity index is 2540. The minimum atomic E-state index is 0.487. The van der Waals surface area contributed by atoms with Crippen molar-refractivity contribution in [2.45, 2.75) is 34.6 Å². The molecule has 2 unspecified atom stereocenters. The van der Waals surface area contributed by atoms with Gasteiger partial charge in [-0.05, 0) is 133 Å². The first kappa shape index (κ1) is 38.9. The van der Waals surface area contributed by atoms with Crippen LogP contribution in [0.4, 0.5) is 28.4 Å². The van der Waals surface area contributed by atoms with Gasteiger partial charge in [0.15, 0.2) is 0 Å². The molecular formula is C57H52N2. The third-order valence-electron chi connectivity index (χ3n) is 11.4. The monoisotopic (exact) mass is 764 g/mol. The molecule has 0 amide bonds. The van der Waals surface area contributed by atoms with Gasteiger partial charge in [0.1, 0.15) is 0 Å². The largest absolute Gasteiger partial charge is 0.311 e. The van der Waals surface area contributed by atoms with Crippen molar-refractivity contribution in [1.82, 2.24) is 0 Å². The molecule has 0 aromatic heterocycles. The number of anilines is 5. The van der Waals surface area contributed by atoms with Crippen molar-refractivity contribution in [2.24, 2.45) is 11.8 Å². The van der Waals surface area contributed by atoms with Gasteiger partial charge in [-0.2, -0.15) is 0 Å². The Morgan fingerprint density at radius 2 is 0.627 bits per heavy atom. The summed E-state index contributed by atoms with van der Waals surface area (Å²) in [6.07, 6.45) is 15.7. The number of nitrogens with zero attached hydrogens (tertiary/aromatic N) is 2. The van der Waals surface area contributed by atoms with E-state index in [0.29, 0.717) is 11.8 Å². The van der Waals surface area contributed by atoms with Crippen LogP contribution in [0, 0.1) is 32.6 Å². The minimum absolute atomic E-state index is 0.487. The fraction of sp³-hybridized carbons (Fsp3) is 0.123. The Kier molecular flexibility index (Phi) is 11.7. The van der Waals surface area contributed by atoms with Crippen LogP contribution in [0.2, 0.25) is 0 Å². The Balaban J connectivity index is 0.908. The molecule has 1 aliphatic rings. The van der Waals surface area contributed by atoms with Crippen LogP contribution < -0.4 is 9.80 Å². The maximum Gasteiger partial charge on any atom is 0.0462 e. The third-order valence-corrected chi connectivity index (χ3v) is 11.4. The van der Waals surface area contributed by atoms with E-state index in [-0.39, 0.29) is 0 Å². The van der Waals surface area contributed by atoms with Crippen LogP contribution in [0.3, 0.4) is 0 Å². The topological polar surface area (TPSA) is 6.48 Å². The summed E-state index contributed by atoms with van der Waals surface area (Å²) < 4.78 is 0. The molecule has 290 valence electrons. The highest BCUT2D eigenvalue weighted by Gasteiger charge is 2.19. The van der Waals surface area contributed by atoms with E-state index >= 15 is 0 Å². The van der Waals surface area contributed by atoms with E-state index in [1.165, 1.54) is 55.9 Å². The number of hydrogen-bond acceptors (Lipinski definition) is 2. The summed E-state index contributed by atoms with van der Waals surface area (Å²) in [5.41, 5.74) is 17.8. The Morgan fingerprint density at radius 3 is 0.949 bits per heavy atom. The lowest BCUT2D eigenvalue weighted by Crippen LogP contribution is -2.19. The van der Waals surface area contributed by atoms with E-state index in [0.717, 1.165) is 28.3 Å². The standard InChI is InChI=1S/C57H52N2/c1-41-6-29-52(30-7-41)58(53-31-8-42(2)9-32-53)55-36-21-48(22-37-55)15-13-46-17-25-50(26-18-46)51-27-19-47(20-28-51)14-16-49-23-38-56(39-24-49)59(54-33-10-43(3)11-34-54)57-35-12-44(4)45(5)40-57/h6-40,44-45H,1-5H3/b15-13+,16-14+. The van der Waals surface area contributed by atoms with Gasteiger partial charge in [0.2, 0.25) is 0 Å². The van der Waals surface area contributed by atoms with Crippen LogP contribution in [0.5, 0.6) is 0 Å².